The Bertz CT molecular complexity index is 446. The molecule has 17 heavy (non-hydrogen) atoms. The van der Waals surface area contributed by atoms with Gasteiger partial charge in [-0.3, -0.25) is 0 Å². The summed E-state index contributed by atoms with van der Waals surface area (Å²) >= 11 is 0. The summed E-state index contributed by atoms with van der Waals surface area (Å²) in [7, 11) is 0. The summed E-state index contributed by atoms with van der Waals surface area (Å²) in [5.74, 6) is -0.286. The lowest BCUT2D eigenvalue weighted by molar-refractivity contribution is 0.266. The smallest absolute Gasteiger partial charge is 0.162 e. The Hall–Kier alpha value is -0.960. The van der Waals surface area contributed by atoms with Crippen molar-refractivity contribution in [2.75, 3.05) is 0 Å². The number of hydrogen-bond donors (Lipinski definition) is 1. The molecule has 1 aromatic rings. The summed E-state index contributed by atoms with van der Waals surface area (Å²) in [4.78, 5) is 0. The highest BCUT2D eigenvalue weighted by Crippen LogP contribution is 2.50. The van der Waals surface area contributed by atoms with Crippen molar-refractivity contribution >= 4 is 0 Å². The molecule has 0 aromatic heterocycles. The van der Waals surface area contributed by atoms with Gasteiger partial charge in [0, 0.05) is 5.54 Å². The van der Waals surface area contributed by atoms with Crippen molar-refractivity contribution in [1.29, 1.82) is 0 Å². The number of halogens is 2. The first-order chi connectivity index (χ1) is 8.08. The zero-order valence-electron chi connectivity index (χ0n) is 9.76. The van der Waals surface area contributed by atoms with Crippen molar-refractivity contribution in [3.63, 3.8) is 0 Å². The van der Waals surface area contributed by atoms with Crippen molar-refractivity contribution in [3.05, 3.63) is 35.4 Å². The van der Waals surface area contributed by atoms with Crippen molar-refractivity contribution in [2.45, 2.75) is 37.6 Å². The third-order valence-corrected chi connectivity index (χ3v) is 4.57. The molecule has 3 unspecified atom stereocenters. The van der Waals surface area contributed by atoms with Gasteiger partial charge >= 0.3 is 0 Å². The van der Waals surface area contributed by atoms with Crippen molar-refractivity contribution in [1.82, 2.24) is 0 Å². The molecule has 0 radical (unpaired) electrons. The average Bonchev–Trinajstić information content (AvgIpc) is 2.84. The van der Waals surface area contributed by atoms with Gasteiger partial charge in [-0.1, -0.05) is 18.6 Å². The van der Waals surface area contributed by atoms with Gasteiger partial charge in [-0.25, -0.2) is 8.78 Å². The first-order valence-electron chi connectivity index (χ1n) is 6.30. The third kappa shape index (κ3) is 1.77. The minimum Gasteiger partial charge on any atom is -0.325 e. The molecular formula is C14H17F2N. The van der Waals surface area contributed by atoms with Gasteiger partial charge in [-0.05, 0) is 49.1 Å². The summed E-state index contributed by atoms with van der Waals surface area (Å²) in [5, 5.41) is 0. The van der Waals surface area contributed by atoms with Gasteiger partial charge in [0.1, 0.15) is 0 Å². The lowest BCUT2D eigenvalue weighted by Crippen LogP contribution is -2.47. The predicted molar refractivity (Wildman–Crippen MR) is 62.4 cm³/mol. The monoisotopic (exact) mass is 237 g/mol. The van der Waals surface area contributed by atoms with E-state index in [1.54, 1.807) is 12.1 Å². The van der Waals surface area contributed by atoms with Crippen LogP contribution in [0.1, 0.15) is 31.2 Å². The van der Waals surface area contributed by atoms with E-state index in [9.17, 15) is 8.78 Å². The number of benzene rings is 1. The van der Waals surface area contributed by atoms with Crippen molar-refractivity contribution in [2.24, 2.45) is 17.6 Å². The highest BCUT2D eigenvalue weighted by Gasteiger charge is 2.48. The number of hydrogen-bond acceptors (Lipinski definition) is 1. The fraction of sp³-hybridized carbons (Fsp3) is 0.571. The molecule has 2 aliphatic rings. The molecule has 1 nitrogen and oxygen atoms in total. The summed E-state index contributed by atoms with van der Waals surface area (Å²) in [6, 6.07) is 4.37. The molecule has 0 saturated heterocycles. The number of fused-ring (bicyclic) bond motifs is 2. The Labute approximate surface area is 100 Å². The van der Waals surface area contributed by atoms with Gasteiger partial charge in [-0.15, -0.1) is 0 Å². The molecule has 2 saturated carbocycles. The first kappa shape index (κ1) is 11.1. The maximum atomic E-state index is 13.6. The molecule has 0 amide bonds. The van der Waals surface area contributed by atoms with Crippen LogP contribution in [0.5, 0.6) is 0 Å². The van der Waals surface area contributed by atoms with Gasteiger partial charge < -0.3 is 5.73 Å². The summed E-state index contributed by atoms with van der Waals surface area (Å²) in [6.07, 6.45) is 5.02. The average molecular weight is 237 g/mol. The van der Waals surface area contributed by atoms with E-state index in [4.69, 9.17) is 5.73 Å². The Morgan fingerprint density at radius 1 is 1.29 bits per heavy atom. The molecule has 2 aliphatic carbocycles. The molecule has 3 rings (SSSR count). The SMILES string of the molecule is NC1(Cc2cccc(F)c2F)CC2CCC1C2. The van der Waals surface area contributed by atoms with Gasteiger partial charge in [0.2, 0.25) is 0 Å². The number of rotatable bonds is 2. The fourth-order valence-electron chi connectivity index (χ4n) is 3.74. The van der Waals surface area contributed by atoms with Crippen LogP contribution in [-0.4, -0.2) is 5.54 Å². The van der Waals surface area contributed by atoms with E-state index in [0.29, 0.717) is 23.8 Å². The molecule has 2 N–H and O–H groups in total. The highest BCUT2D eigenvalue weighted by atomic mass is 19.2. The van der Waals surface area contributed by atoms with E-state index >= 15 is 0 Å². The Morgan fingerprint density at radius 2 is 2.12 bits per heavy atom. The van der Waals surface area contributed by atoms with Crippen LogP contribution >= 0.6 is 0 Å². The van der Waals surface area contributed by atoms with Crippen molar-refractivity contribution < 1.29 is 8.78 Å². The normalized spacial score (nSPS) is 35.5. The Kier molecular flexibility index (Phi) is 2.47. The third-order valence-electron chi connectivity index (χ3n) is 4.57. The zero-order valence-corrected chi connectivity index (χ0v) is 9.76. The summed E-state index contributed by atoms with van der Waals surface area (Å²) < 4.78 is 26.8. The van der Waals surface area contributed by atoms with Crippen LogP contribution in [0.15, 0.2) is 18.2 Å². The van der Waals surface area contributed by atoms with Crippen LogP contribution < -0.4 is 5.73 Å². The quantitative estimate of drug-likeness (QED) is 0.840. The predicted octanol–water partition coefficient (Wildman–Crippen LogP) is 3.02. The lowest BCUT2D eigenvalue weighted by atomic mass is 9.77. The highest BCUT2D eigenvalue weighted by molar-refractivity contribution is 5.23. The molecule has 1 aromatic carbocycles. The summed E-state index contributed by atoms with van der Waals surface area (Å²) in [6.45, 7) is 0. The van der Waals surface area contributed by atoms with Gasteiger partial charge in [0.15, 0.2) is 11.6 Å². The largest absolute Gasteiger partial charge is 0.325 e. The molecule has 3 heteroatoms. The van der Waals surface area contributed by atoms with E-state index in [1.807, 2.05) is 0 Å². The lowest BCUT2D eigenvalue weighted by Gasteiger charge is -2.34. The molecule has 0 heterocycles. The zero-order chi connectivity index (χ0) is 12.0. The maximum Gasteiger partial charge on any atom is 0.162 e. The van der Waals surface area contributed by atoms with Gasteiger partial charge in [0.05, 0.1) is 0 Å². The molecule has 0 aliphatic heterocycles. The molecule has 2 bridgehead atoms. The second-order valence-corrected chi connectivity index (χ2v) is 5.70. The van der Waals surface area contributed by atoms with E-state index in [0.717, 1.165) is 18.9 Å². The molecular weight excluding hydrogens is 220 g/mol. The molecule has 92 valence electrons. The van der Waals surface area contributed by atoms with Crippen molar-refractivity contribution in [3.8, 4) is 0 Å². The second-order valence-electron chi connectivity index (χ2n) is 5.70. The van der Waals surface area contributed by atoms with E-state index in [-0.39, 0.29) is 5.54 Å². The Morgan fingerprint density at radius 3 is 2.76 bits per heavy atom. The number of nitrogens with two attached hydrogens (primary N) is 1. The molecule has 3 atom stereocenters. The minimum atomic E-state index is -0.769. The minimum absolute atomic E-state index is 0.308. The maximum absolute atomic E-state index is 13.6. The molecule has 0 spiro atoms. The summed E-state index contributed by atoms with van der Waals surface area (Å²) in [5.41, 5.74) is 6.53. The van der Waals surface area contributed by atoms with Crippen LogP contribution in [0.3, 0.4) is 0 Å². The van der Waals surface area contributed by atoms with E-state index in [1.165, 1.54) is 12.8 Å². The van der Waals surface area contributed by atoms with E-state index < -0.39 is 11.6 Å². The van der Waals surface area contributed by atoms with Crippen LogP contribution in [0.4, 0.5) is 8.78 Å². The van der Waals surface area contributed by atoms with E-state index in [2.05, 4.69) is 0 Å². The van der Waals surface area contributed by atoms with Crippen LogP contribution in [0.2, 0.25) is 0 Å². The van der Waals surface area contributed by atoms with Gasteiger partial charge in [-0.2, -0.15) is 0 Å². The standard InChI is InChI=1S/C14H17F2N/c15-12-3-1-2-10(13(12)16)8-14(17)7-9-4-5-11(14)6-9/h1-3,9,11H,4-8,17H2. The first-order valence-corrected chi connectivity index (χ1v) is 6.30. The van der Waals surface area contributed by atoms with Crippen LogP contribution in [-0.2, 0) is 6.42 Å². The Balaban J connectivity index is 1.85. The fourth-order valence-corrected chi connectivity index (χ4v) is 3.74. The van der Waals surface area contributed by atoms with Crippen LogP contribution in [0.25, 0.3) is 0 Å². The van der Waals surface area contributed by atoms with Gasteiger partial charge in [0.25, 0.3) is 0 Å². The van der Waals surface area contributed by atoms with Crippen LogP contribution in [0, 0.1) is 23.5 Å². The second kappa shape index (κ2) is 3.77. The molecule has 2 fully saturated rings. The topological polar surface area (TPSA) is 26.0 Å².